The van der Waals surface area contributed by atoms with E-state index in [1.165, 1.54) is 49.6 Å². The van der Waals surface area contributed by atoms with Crippen LogP contribution in [-0.2, 0) is 17.4 Å². The third-order valence-electron chi connectivity index (χ3n) is 7.22. The molecule has 3 aromatic carbocycles. The van der Waals surface area contributed by atoms with E-state index in [1.807, 2.05) is 6.07 Å². The van der Waals surface area contributed by atoms with E-state index >= 15 is 8.78 Å². The number of thioether (sulfide) groups is 1. The maximum Gasteiger partial charge on any atom is 0.416 e. The molecule has 5 rings (SSSR count). The number of oxime groups is 1. The number of alkyl halides is 3. The highest BCUT2D eigenvalue weighted by Gasteiger charge is 2.38. The highest BCUT2D eigenvalue weighted by molar-refractivity contribution is 7.99. The fraction of sp³-hybridized carbons (Fsp3) is 0.226. The standard InChI is InChI=1S/C31H25F5N2O3S/c1-17-20(15-21-23(31(34,35)36)10-7-11-24(21)32)30-38(29(39)27(17)22-14-19(40-2)12-13-25(22)33)26(16-42-30)28(37-41-3)18-8-5-4-6-9-18/h4-14,26H,15-16H2,1-3H3/b37-28+. The Balaban J connectivity index is 1.82. The van der Waals surface area contributed by atoms with Crippen molar-refractivity contribution < 1.29 is 31.5 Å². The Bertz CT molecular complexity index is 1740. The van der Waals surface area contributed by atoms with Crippen LogP contribution in [0, 0.1) is 18.6 Å². The molecule has 0 spiro atoms. The Kier molecular flexibility index (Phi) is 8.14. The summed E-state index contributed by atoms with van der Waals surface area (Å²) in [6, 6.07) is 15.0. The number of benzene rings is 3. The summed E-state index contributed by atoms with van der Waals surface area (Å²) in [5, 5.41) is 4.55. The van der Waals surface area contributed by atoms with Gasteiger partial charge in [-0.05, 0) is 48.4 Å². The first kappa shape index (κ1) is 29.4. The van der Waals surface area contributed by atoms with Crippen molar-refractivity contribution in [2.75, 3.05) is 20.0 Å². The lowest BCUT2D eigenvalue weighted by molar-refractivity contribution is -0.138. The van der Waals surface area contributed by atoms with Crippen LogP contribution in [0.1, 0.15) is 33.9 Å². The van der Waals surface area contributed by atoms with Crippen LogP contribution in [-0.4, -0.2) is 30.3 Å². The van der Waals surface area contributed by atoms with E-state index in [2.05, 4.69) is 5.16 Å². The fourth-order valence-electron chi connectivity index (χ4n) is 5.25. The summed E-state index contributed by atoms with van der Waals surface area (Å²) < 4.78 is 79.0. The van der Waals surface area contributed by atoms with Crippen molar-refractivity contribution in [3.8, 4) is 16.9 Å². The van der Waals surface area contributed by atoms with Crippen LogP contribution in [0.2, 0.25) is 0 Å². The minimum atomic E-state index is -4.82. The molecule has 5 nitrogen and oxygen atoms in total. The van der Waals surface area contributed by atoms with E-state index in [4.69, 9.17) is 9.57 Å². The number of methoxy groups -OCH3 is 1. The van der Waals surface area contributed by atoms with Gasteiger partial charge in [-0.2, -0.15) is 13.2 Å². The van der Waals surface area contributed by atoms with E-state index in [1.54, 1.807) is 24.3 Å². The molecular weight excluding hydrogens is 575 g/mol. The van der Waals surface area contributed by atoms with E-state index in [9.17, 15) is 18.0 Å². The van der Waals surface area contributed by atoms with Gasteiger partial charge in [0.25, 0.3) is 5.56 Å². The van der Waals surface area contributed by atoms with Gasteiger partial charge in [0.2, 0.25) is 0 Å². The summed E-state index contributed by atoms with van der Waals surface area (Å²) in [6.45, 7) is 1.54. The third-order valence-corrected chi connectivity index (χ3v) is 8.42. The number of halogens is 5. The molecule has 4 aromatic rings. The monoisotopic (exact) mass is 600 g/mol. The van der Waals surface area contributed by atoms with E-state index in [0.29, 0.717) is 16.3 Å². The molecule has 0 fully saturated rings. The molecule has 1 aliphatic heterocycles. The average Bonchev–Trinajstić information content (AvgIpc) is 3.40. The van der Waals surface area contributed by atoms with Gasteiger partial charge in [-0.15, -0.1) is 11.8 Å². The summed E-state index contributed by atoms with van der Waals surface area (Å²) in [5.41, 5.74) is -0.818. The van der Waals surface area contributed by atoms with Gasteiger partial charge in [-0.25, -0.2) is 8.78 Å². The molecule has 1 atom stereocenters. The molecule has 1 unspecified atom stereocenters. The molecule has 42 heavy (non-hydrogen) atoms. The number of hydrogen-bond donors (Lipinski definition) is 0. The summed E-state index contributed by atoms with van der Waals surface area (Å²) >= 11 is 1.24. The second-order valence-electron chi connectivity index (χ2n) is 9.60. The second kappa shape index (κ2) is 11.6. The molecular formula is C31H25F5N2O3S. The Labute approximate surface area is 242 Å². The second-order valence-corrected chi connectivity index (χ2v) is 10.6. The van der Waals surface area contributed by atoms with Gasteiger partial charge in [0.15, 0.2) is 0 Å². The Morgan fingerprint density at radius 3 is 2.40 bits per heavy atom. The van der Waals surface area contributed by atoms with Crippen molar-refractivity contribution in [1.82, 2.24) is 4.57 Å². The number of ether oxygens (including phenoxy) is 1. The minimum Gasteiger partial charge on any atom is -0.497 e. The summed E-state index contributed by atoms with van der Waals surface area (Å²) in [4.78, 5) is 19.4. The first-order chi connectivity index (χ1) is 20.1. The van der Waals surface area contributed by atoms with Crippen LogP contribution in [0.25, 0.3) is 11.1 Å². The van der Waals surface area contributed by atoms with Crippen LogP contribution >= 0.6 is 11.8 Å². The summed E-state index contributed by atoms with van der Waals surface area (Å²) in [5.74, 6) is -1.19. The van der Waals surface area contributed by atoms with Gasteiger partial charge in [0.1, 0.15) is 30.2 Å². The van der Waals surface area contributed by atoms with Crippen LogP contribution in [0.15, 0.2) is 81.7 Å². The van der Waals surface area contributed by atoms with Crippen LogP contribution < -0.4 is 10.3 Å². The van der Waals surface area contributed by atoms with Crippen molar-refractivity contribution in [1.29, 1.82) is 0 Å². The Morgan fingerprint density at radius 2 is 1.74 bits per heavy atom. The predicted octanol–water partition coefficient (Wildman–Crippen LogP) is 7.42. The van der Waals surface area contributed by atoms with Crippen molar-refractivity contribution in [3.63, 3.8) is 0 Å². The first-order valence-electron chi connectivity index (χ1n) is 12.8. The van der Waals surface area contributed by atoms with E-state index < -0.39 is 47.0 Å². The minimum absolute atomic E-state index is 0.0626. The van der Waals surface area contributed by atoms with Gasteiger partial charge >= 0.3 is 6.18 Å². The quantitative estimate of drug-likeness (QED) is 0.126. The zero-order valence-corrected chi connectivity index (χ0v) is 23.6. The lowest BCUT2D eigenvalue weighted by Gasteiger charge is -2.22. The van der Waals surface area contributed by atoms with Gasteiger partial charge in [0.05, 0.1) is 29.3 Å². The van der Waals surface area contributed by atoms with Gasteiger partial charge in [0, 0.05) is 28.9 Å². The van der Waals surface area contributed by atoms with Crippen molar-refractivity contribution >= 4 is 17.5 Å². The molecule has 1 aliphatic rings. The SMILES string of the molecule is CO/N=C(\c1ccccc1)C1CSc2c(Cc3c(F)cccc3C(F)(F)F)c(C)c(-c3cc(OC)ccc3F)c(=O)n21. The molecule has 218 valence electrons. The first-order valence-corrected chi connectivity index (χ1v) is 13.8. The van der Waals surface area contributed by atoms with Gasteiger partial charge < -0.3 is 9.57 Å². The lowest BCUT2D eigenvalue weighted by atomic mass is 9.92. The fourth-order valence-corrected chi connectivity index (χ4v) is 6.62. The number of aromatic nitrogens is 1. The Hall–Kier alpha value is -4.12. The molecule has 0 saturated carbocycles. The molecule has 0 radical (unpaired) electrons. The van der Waals surface area contributed by atoms with E-state index in [-0.39, 0.29) is 33.8 Å². The van der Waals surface area contributed by atoms with Crippen molar-refractivity contribution in [2.24, 2.45) is 5.16 Å². The molecule has 2 heterocycles. The number of rotatable bonds is 7. The topological polar surface area (TPSA) is 52.8 Å². The number of pyridine rings is 1. The van der Waals surface area contributed by atoms with Crippen molar-refractivity contribution in [2.45, 2.75) is 30.6 Å². The zero-order chi connectivity index (χ0) is 30.2. The third kappa shape index (κ3) is 5.29. The largest absolute Gasteiger partial charge is 0.497 e. The number of hydrogen-bond acceptors (Lipinski definition) is 5. The molecule has 11 heteroatoms. The summed E-state index contributed by atoms with van der Waals surface area (Å²) in [7, 11) is 2.75. The molecule has 0 aliphatic carbocycles. The normalized spacial score (nSPS) is 15.0. The van der Waals surface area contributed by atoms with E-state index in [0.717, 1.165) is 24.3 Å². The number of nitrogens with zero attached hydrogens (tertiary/aromatic N) is 2. The van der Waals surface area contributed by atoms with Crippen LogP contribution in [0.3, 0.4) is 0 Å². The molecule has 0 amide bonds. The average molecular weight is 601 g/mol. The molecule has 0 N–H and O–H groups in total. The smallest absolute Gasteiger partial charge is 0.416 e. The summed E-state index contributed by atoms with van der Waals surface area (Å²) in [6.07, 6.45) is -5.30. The molecule has 0 saturated heterocycles. The van der Waals surface area contributed by atoms with Crippen LogP contribution in [0.4, 0.5) is 22.0 Å². The maximum atomic E-state index is 15.3. The maximum absolute atomic E-state index is 15.3. The lowest BCUT2D eigenvalue weighted by Crippen LogP contribution is -2.32. The molecule has 1 aromatic heterocycles. The molecule has 0 bridgehead atoms. The number of fused-ring (bicyclic) bond motifs is 1. The van der Waals surface area contributed by atoms with Crippen LogP contribution in [0.5, 0.6) is 5.75 Å². The highest BCUT2D eigenvalue weighted by atomic mass is 32.2. The Morgan fingerprint density at radius 1 is 1.00 bits per heavy atom. The van der Waals surface area contributed by atoms with Crippen molar-refractivity contribution in [3.05, 3.63) is 117 Å². The highest BCUT2D eigenvalue weighted by Crippen LogP contribution is 2.43. The van der Waals surface area contributed by atoms with Gasteiger partial charge in [-0.3, -0.25) is 9.36 Å². The van der Waals surface area contributed by atoms with Gasteiger partial charge in [-0.1, -0.05) is 41.6 Å². The predicted molar refractivity (Wildman–Crippen MR) is 151 cm³/mol. The zero-order valence-electron chi connectivity index (χ0n) is 22.8.